The van der Waals surface area contributed by atoms with Crippen molar-refractivity contribution in [2.24, 2.45) is 10.8 Å². The van der Waals surface area contributed by atoms with E-state index in [0.29, 0.717) is 6.92 Å². The number of carbonyl (C=O) groups excluding carboxylic acids is 4. The van der Waals surface area contributed by atoms with E-state index in [2.05, 4.69) is 10.6 Å². The third kappa shape index (κ3) is 5.04. The molecule has 0 saturated heterocycles. The van der Waals surface area contributed by atoms with E-state index in [1.54, 1.807) is 6.07 Å². The summed E-state index contributed by atoms with van der Waals surface area (Å²) in [6.07, 6.45) is -6.87. The second kappa shape index (κ2) is 8.70. The first-order valence-corrected chi connectivity index (χ1v) is 10.7. The fraction of sp³-hybridized carbons (Fsp3) is 0.522. The highest BCUT2D eigenvalue weighted by molar-refractivity contribution is 6.38. The lowest BCUT2D eigenvalue weighted by molar-refractivity contribution is -0.349. The number of hydrogen-bond donors (Lipinski definition) is 2. The third-order valence-electron chi connectivity index (χ3n) is 6.60. The summed E-state index contributed by atoms with van der Waals surface area (Å²) in [6, 6.07) is 3.76. The number of benzene rings is 1. The van der Waals surface area contributed by atoms with Gasteiger partial charge in [0.05, 0.1) is 39.8 Å². The summed E-state index contributed by atoms with van der Waals surface area (Å²) < 4.78 is 65.9. The number of hydrogen-bond acceptors (Lipinski definition) is 5. The van der Waals surface area contributed by atoms with E-state index < -0.39 is 65.2 Å². The van der Waals surface area contributed by atoms with Gasteiger partial charge in [-0.05, 0) is 50.8 Å². The molecule has 0 unspecified atom stereocenters. The van der Waals surface area contributed by atoms with Crippen molar-refractivity contribution in [1.82, 2.24) is 5.32 Å². The van der Waals surface area contributed by atoms with E-state index in [1.807, 2.05) is 0 Å². The summed E-state index contributed by atoms with van der Waals surface area (Å²) in [6.45, 7) is 1.53. The lowest BCUT2D eigenvalue weighted by atomic mass is 9.34. The first kappa shape index (κ1) is 26.2. The molecule has 1 aromatic rings. The van der Waals surface area contributed by atoms with Gasteiger partial charge in [0.25, 0.3) is 5.91 Å². The van der Waals surface area contributed by atoms with Gasteiger partial charge in [-0.2, -0.15) is 18.4 Å². The fourth-order valence-electron chi connectivity index (χ4n) is 4.64. The lowest BCUT2D eigenvalue weighted by Crippen LogP contribution is -2.71. The van der Waals surface area contributed by atoms with Crippen LogP contribution in [-0.4, -0.2) is 41.5 Å². The zero-order valence-electron chi connectivity index (χ0n) is 18.8. The largest absolute Gasteiger partial charge is 0.394 e. The molecule has 3 aliphatic rings. The Labute approximate surface area is 197 Å². The summed E-state index contributed by atoms with van der Waals surface area (Å²) >= 11 is 0. The molecule has 4 rings (SSSR count). The molecule has 3 aliphatic carbocycles. The summed E-state index contributed by atoms with van der Waals surface area (Å²) in [7, 11) is 0. The number of nitrogens with one attached hydrogen (secondary N) is 2. The van der Waals surface area contributed by atoms with Crippen LogP contribution in [0.25, 0.3) is 0 Å². The van der Waals surface area contributed by atoms with E-state index >= 15 is 0 Å². The standard InChI is InChI=1S/C23H22F5N3O4/c1-12(32)17(33)16(5-6-20(2,24)25)30-18(34)14-7-13(8-29)3-4-15(14)31-19(35)21-9-22(10-21,11-21)23(26,27)28/h3-4,7,16H,5-6,9-11H2,1-2H3,(H,30,34)(H,31,35)/t16-,21?,22?/m0/s1. The van der Waals surface area contributed by atoms with Crippen LogP contribution in [0.3, 0.4) is 0 Å². The Balaban J connectivity index is 1.80. The van der Waals surface area contributed by atoms with Gasteiger partial charge in [-0.1, -0.05) is 0 Å². The van der Waals surface area contributed by atoms with E-state index in [-0.39, 0.29) is 36.1 Å². The number of anilines is 1. The number of nitrogens with zero attached hydrogens (tertiary/aromatic N) is 1. The van der Waals surface area contributed by atoms with Crippen LogP contribution in [0.1, 0.15) is 61.9 Å². The minimum Gasteiger partial charge on any atom is -0.342 e. The molecule has 3 fully saturated rings. The average Bonchev–Trinajstić information content (AvgIpc) is 2.66. The maximum absolute atomic E-state index is 13.3. The predicted octanol–water partition coefficient (Wildman–Crippen LogP) is 3.92. The number of amides is 2. The number of halogens is 5. The molecule has 0 heterocycles. The second-order valence-corrected chi connectivity index (χ2v) is 9.47. The SMILES string of the molecule is CC(=O)C(=O)[C@H](CCC(C)(F)F)NC(=O)c1cc(C#N)ccc1NC(=O)C12CC(C(F)(F)F)(C1)C2. The molecule has 2 N–H and O–H groups in total. The normalized spacial score (nSPS) is 23.7. The molecule has 0 aromatic heterocycles. The van der Waals surface area contributed by atoms with Crippen molar-refractivity contribution < 1.29 is 41.1 Å². The van der Waals surface area contributed by atoms with Crippen LogP contribution in [0.5, 0.6) is 0 Å². The molecule has 1 atom stereocenters. The van der Waals surface area contributed by atoms with Gasteiger partial charge in [-0.25, -0.2) is 8.78 Å². The van der Waals surface area contributed by atoms with Gasteiger partial charge in [-0.3, -0.25) is 19.2 Å². The van der Waals surface area contributed by atoms with Crippen molar-refractivity contribution in [2.75, 3.05) is 5.32 Å². The summed E-state index contributed by atoms with van der Waals surface area (Å²) in [5.41, 5.74) is -3.52. The number of alkyl halides is 5. The van der Waals surface area contributed by atoms with Crippen molar-refractivity contribution in [3.8, 4) is 6.07 Å². The van der Waals surface area contributed by atoms with Gasteiger partial charge in [0.2, 0.25) is 17.6 Å². The smallest absolute Gasteiger partial charge is 0.342 e. The first-order chi connectivity index (χ1) is 16.0. The van der Waals surface area contributed by atoms with Gasteiger partial charge in [0.1, 0.15) is 0 Å². The number of nitriles is 1. The van der Waals surface area contributed by atoms with Crippen molar-refractivity contribution in [2.45, 2.75) is 64.1 Å². The highest BCUT2D eigenvalue weighted by atomic mass is 19.4. The van der Waals surface area contributed by atoms with Crippen LogP contribution in [0, 0.1) is 22.2 Å². The van der Waals surface area contributed by atoms with Gasteiger partial charge in [0.15, 0.2) is 5.78 Å². The lowest BCUT2D eigenvalue weighted by Gasteiger charge is -2.69. The minimum absolute atomic E-state index is 0.00998. The molecule has 0 aliphatic heterocycles. The summed E-state index contributed by atoms with van der Waals surface area (Å²) in [5.74, 6) is -6.98. The van der Waals surface area contributed by atoms with Crippen LogP contribution < -0.4 is 10.6 Å². The van der Waals surface area contributed by atoms with Crippen LogP contribution in [0.15, 0.2) is 18.2 Å². The van der Waals surface area contributed by atoms with Crippen molar-refractivity contribution >= 4 is 29.1 Å². The van der Waals surface area contributed by atoms with Gasteiger partial charge < -0.3 is 10.6 Å². The number of ketones is 2. The predicted molar refractivity (Wildman–Crippen MR) is 111 cm³/mol. The molecule has 0 spiro atoms. The van der Waals surface area contributed by atoms with Crippen LogP contribution in [0.4, 0.5) is 27.6 Å². The molecular formula is C23H22F5N3O4. The van der Waals surface area contributed by atoms with Crippen molar-refractivity contribution in [1.29, 1.82) is 5.26 Å². The maximum atomic E-state index is 13.3. The Morgan fingerprint density at radius 2 is 1.71 bits per heavy atom. The highest BCUT2D eigenvalue weighted by Crippen LogP contribution is 2.78. The molecular weight excluding hydrogens is 477 g/mol. The molecule has 2 amide bonds. The van der Waals surface area contributed by atoms with Crippen LogP contribution in [0.2, 0.25) is 0 Å². The van der Waals surface area contributed by atoms with E-state index in [9.17, 15) is 41.1 Å². The Morgan fingerprint density at radius 1 is 1.11 bits per heavy atom. The monoisotopic (exact) mass is 499 g/mol. The molecule has 0 radical (unpaired) electrons. The zero-order chi connectivity index (χ0) is 26.4. The van der Waals surface area contributed by atoms with Gasteiger partial charge in [-0.15, -0.1) is 0 Å². The zero-order valence-corrected chi connectivity index (χ0v) is 18.8. The Kier molecular flexibility index (Phi) is 6.52. The van der Waals surface area contributed by atoms with E-state index in [1.165, 1.54) is 12.1 Å². The third-order valence-corrected chi connectivity index (χ3v) is 6.60. The summed E-state index contributed by atoms with van der Waals surface area (Å²) in [5, 5.41) is 13.8. The number of rotatable bonds is 9. The number of carbonyl (C=O) groups is 4. The topological polar surface area (TPSA) is 116 Å². The minimum atomic E-state index is -4.41. The molecule has 35 heavy (non-hydrogen) atoms. The van der Waals surface area contributed by atoms with Gasteiger partial charge >= 0.3 is 6.18 Å². The summed E-state index contributed by atoms with van der Waals surface area (Å²) in [4.78, 5) is 49.4. The number of Topliss-reactive ketones (excluding diaryl/α,β-unsaturated/α-hetero) is 2. The highest BCUT2D eigenvalue weighted by Gasteiger charge is 2.80. The van der Waals surface area contributed by atoms with Crippen LogP contribution >= 0.6 is 0 Å². The molecule has 3 saturated carbocycles. The maximum Gasteiger partial charge on any atom is 0.394 e. The van der Waals surface area contributed by atoms with E-state index in [4.69, 9.17) is 5.26 Å². The van der Waals surface area contributed by atoms with Crippen molar-refractivity contribution in [3.63, 3.8) is 0 Å². The second-order valence-electron chi connectivity index (χ2n) is 9.47. The van der Waals surface area contributed by atoms with Crippen molar-refractivity contribution in [3.05, 3.63) is 29.3 Å². The Bertz CT molecular complexity index is 1110. The van der Waals surface area contributed by atoms with Gasteiger partial charge in [0, 0.05) is 13.3 Å². The molecule has 1 aromatic carbocycles. The Hall–Kier alpha value is -3.36. The Morgan fingerprint density at radius 3 is 2.20 bits per heavy atom. The molecule has 12 heteroatoms. The van der Waals surface area contributed by atoms with Crippen LogP contribution in [-0.2, 0) is 14.4 Å². The quantitative estimate of drug-likeness (QED) is 0.395. The molecule has 188 valence electrons. The molecule has 7 nitrogen and oxygen atoms in total. The van der Waals surface area contributed by atoms with E-state index in [0.717, 1.165) is 13.0 Å². The average molecular weight is 499 g/mol. The molecule has 2 bridgehead atoms. The first-order valence-electron chi connectivity index (χ1n) is 10.7. The fourth-order valence-corrected chi connectivity index (χ4v) is 4.64.